The predicted molar refractivity (Wildman–Crippen MR) is 116 cm³/mol. The molecule has 0 aliphatic heterocycles. The summed E-state index contributed by atoms with van der Waals surface area (Å²) in [6.07, 6.45) is 0. The third-order valence-corrected chi connectivity index (χ3v) is 5.68. The quantitative estimate of drug-likeness (QED) is 0.219. The number of para-hydroxylation sites is 1. The van der Waals surface area contributed by atoms with E-state index in [1.165, 1.54) is 17.8 Å². The zero-order valence-corrected chi connectivity index (χ0v) is 16.8. The Morgan fingerprint density at radius 1 is 0.967 bits per heavy atom. The Morgan fingerprint density at radius 3 is 2.70 bits per heavy atom. The molecule has 0 amide bonds. The molecule has 0 N–H and O–H groups in total. The van der Waals surface area contributed by atoms with Crippen LogP contribution in [0.3, 0.4) is 0 Å². The molecule has 7 heteroatoms. The minimum absolute atomic E-state index is 0.381. The van der Waals surface area contributed by atoms with Crippen LogP contribution in [0.1, 0.15) is 5.56 Å². The van der Waals surface area contributed by atoms with Crippen LogP contribution in [-0.2, 0) is 5.75 Å². The molecule has 0 unspecified atom stereocenters. The molecule has 0 bridgehead atoms. The average molecular weight is 416 g/mol. The molecule has 5 rings (SSSR count). The molecule has 2 heterocycles. The minimum Gasteiger partial charge on any atom is -0.496 e. The molecule has 3 aromatic carbocycles. The molecule has 0 saturated heterocycles. The lowest BCUT2D eigenvalue weighted by molar-refractivity contribution is 0.411. The molecule has 0 saturated carbocycles. The van der Waals surface area contributed by atoms with Gasteiger partial charge in [-0.15, -0.1) is 10.2 Å². The second kappa shape index (κ2) is 7.68. The van der Waals surface area contributed by atoms with Crippen LogP contribution in [0.5, 0.6) is 5.75 Å². The SMILES string of the molecule is COc1ccccc1-c1nnc(SCc2cc(=O)oc3ccc4ccccc4c23)o1. The second-order valence-electron chi connectivity index (χ2n) is 6.61. The maximum Gasteiger partial charge on any atom is 0.336 e. The smallest absolute Gasteiger partial charge is 0.336 e. The van der Waals surface area contributed by atoms with Gasteiger partial charge in [0, 0.05) is 17.2 Å². The van der Waals surface area contributed by atoms with Gasteiger partial charge in [-0.1, -0.05) is 54.2 Å². The van der Waals surface area contributed by atoms with Gasteiger partial charge in [0.1, 0.15) is 11.3 Å². The number of fused-ring (bicyclic) bond motifs is 3. The van der Waals surface area contributed by atoms with Gasteiger partial charge in [0.05, 0.1) is 12.7 Å². The van der Waals surface area contributed by atoms with E-state index in [4.69, 9.17) is 13.6 Å². The Kier molecular flexibility index (Phi) is 4.72. The molecule has 6 nitrogen and oxygen atoms in total. The van der Waals surface area contributed by atoms with E-state index in [-0.39, 0.29) is 5.63 Å². The van der Waals surface area contributed by atoms with E-state index in [1.807, 2.05) is 60.7 Å². The molecule has 148 valence electrons. The second-order valence-corrected chi connectivity index (χ2v) is 7.54. The van der Waals surface area contributed by atoms with Gasteiger partial charge in [-0.2, -0.15) is 0 Å². The number of benzene rings is 3. The first-order chi connectivity index (χ1) is 14.7. The molecule has 0 aliphatic carbocycles. The molecule has 30 heavy (non-hydrogen) atoms. The van der Waals surface area contributed by atoms with Crippen molar-refractivity contribution in [1.82, 2.24) is 10.2 Å². The third-order valence-electron chi connectivity index (χ3n) is 4.81. The van der Waals surface area contributed by atoms with Crippen LogP contribution in [-0.4, -0.2) is 17.3 Å². The maximum atomic E-state index is 12.1. The molecule has 2 aromatic heterocycles. The topological polar surface area (TPSA) is 78.4 Å². The number of thioether (sulfide) groups is 1. The monoisotopic (exact) mass is 416 g/mol. The van der Waals surface area contributed by atoms with Gasteiger partial charge in [0.25, 0.3) is 11.1 Å². The van der Waals surface area contributed by atoms with Crippen molar-refractivity contribution in [2.24, 2.45) is 0 Å². The van der Waals surface area contributed by atoms with Crippen LogP contribution in [0.15, 0.2) is 85.6 Å². The van der Waals surface area contributed by atoms with Crippen molar-refractivity contribution in [1.29, 1.82) is 0 Å². The third kappa shape index (κ3) is 3.33. The van der Waals surface area contributed by atoms with Gasteiger partial charge >= 0.3 is 5.63 Å². The van der Waals surface area contributed by atoms with E-state index < -0.39 is 0 Å². The lowest BCUT2D eigenvalue weighted by atomic mass is 10.0. The summed E-state index contributed by atoms with van der Waals surface area (Å²) in [6, 6.07) is 20.8. The number of hydrogen-bond donors (Lipinski definition) is 0. The summed E-state index contributed by atoms with van der Waals surface area (Å²) < 4.78 is 16.6. The van der Waals surface area contributed by atoms with Crippen molar-refractivity contribution in [3.63, 3.8) is 0 Å². The Hall–Kier alpha value is -3.58. The van der Waals surface area contributed by atoms with Crippen LogP contribution in [0.2, 0.25) is 0 Å². The van der Waals surface area contributed by atoms with Crippen molar-refractivity contribution in [2.45, 2.75) is 11.0 Å². The van der Waals surface area contributed by atoms with E-state index in [9.17, 15) is 4.79 Å². The normalized spacial score (nSPS) is 11.2. The highest BCUT2D eigenvalue weighted by molar-refractivity contribution is 7.98. The summed E-state index contributed by atoms with van der Waals surface area (Å²) in [5.41, 5.74) is 1.78. The fraction of sp³-hybridized carbons (Fsp3) is 0.0870. The zero-order valence-electron chi connectivity index (χ0n) is 16.0. The molecule has 0 atom stereocenters. The van der Waals surface area contributed by atoms with E-state index >= 15 is 0 Å². The Bertz CT molecular complexity index is 1420. The van der Waals surface area contributed by atoms with E-state index in [0.29, 0.717) is 28.2 Å². The van der Waals surface area contributed by atoms with Crippen molar-refractivity contribution in [3.8, 4) is 17.2 Å². The summed E-state index contributed by atoms with van der Waals surface area (Å²) in [6.45, 7) is 0. The summed E-state index contributed by atoms with van der Waals surface area (Å²) in [5.74, 6) is 1.54. The first kappa shape index (κ1) is 18.4. The standard InChI is InChI=1S/C23H16N2O4S/c1-27-18-9-5-4-8-17(18)22-24-25-23(29-22)30-13-15-12-20(26)28-19-11-10-14-6-2-3-7-16(14)21(15)19/h2-12H,13H2,1H3. The predicted octanol–water partition coefficient (Wildman–Crippen LogP) is 5.30. The molecular formula is C23H16N2O4S. The summed E-state index contributed by atoms with van der Waals surface area (Å²) in [7, 11) is 1.60. The molecule has 0 fully saturated rings. The molecule has 0 aliphatic rings. The van der Waals surface area contributed by atoms with E-state index in [2.05, 4.69) is 10.2 Å². The van der Waals surface area contributed by atoms with Gasteiger partial charge in [-0.05, 0) is 34.5 Å². The number of ether oxygens (including phenoxy) is 1. The lowest BCUT2D eigenvalue weighted by Crippen LogP contribution is -2.00. The van der Waals surface area contributed by atoms with Gasteiger partial charge in [-0.3, -0.25) is 0 Å². The van der Waals surface area contributed by atoms with Crippen LogP contribution in [0.25, 0.3) is 33.2 Å². The number of rotatable bonds is 5. The Labute approximate surface area is 175 Å². The zero-order chi connectivity index (χ0) is 20.5. The van der Waals surface area contributed by atoms with Crippen molar-refractivity contribution < 1.29 is 13.6 Å². The minimum atomic E-state index is -0.381. The highest BCUT2D eigenvalue weighted by atomic mass is 32.2. The van der Waals surface area contributed by atoms with Crippen molar-refractivity contribution in [2.75, 3.05) is 7.11 Å². The first-order valence-corrected chi connectivity index (χ1v) is 10.3. The largest absolute Gasteiger partial charge is 0.496 e. The van der Waals surface area contributed by atoms with E-state index in [1.54, 1.807) is 7.11 Å². The van der Waals surface area contributed by atoms with Crippen LogP contribution in [0.4, 0.5) is 0 Å². The van der Waals surface area contributed by atoms with Gasteiger partial charge in [0.15, 0.2) is 0 Å². The van der Waals surface area contributed by atoms with E-state index in [0.717, 1.165) is 27.3 Å². The molecule has 5 aromatic rings. The average Bonchev–Trinajstić information content (AvgIpc) is 3.26. The Morgan fingerprint density at radius 2 is 1.80 bits per heavy atom. The highest BCUT2D eigenvalue weighted by Gasteiger charge is 2.15. The van der Waals surface area contributed by atoms with Crippen molar-refractivity contribution in [3.05, 3.63) is 82.7 Å². The van der Waals surface area contributed by atoms with Crippen LogP contribution < -0.4 is 10.4 Å². The fourth-order valence-electron chi connectivity index (χ4n) is 3.47. The van der Waals surface area contributed by atoms with Gasteiger partial charge in [0.2, 0.25) is 0 Å². The summed E-state index contributed by atoms with van der Waals surface area (Å²) >= 11 is 1.37. The summed E-state index contributed by atoms with van der Waals surface area (Å²) in [5, 5.41) is 11.7. The molecule has 0 spiro atoms. The highest BCUT2D eigenvalue weighted by Crippen LogP contribution is 2.33. The fourth-order valence-corrected chi connectivity index (χ4v) is 4.21. The molecular weight excluding hydrogens is 400 g/mol. The summed E-state index contributed by atoms with van der Waals surface area (Å²) in [4.78, 5) is 12.1. The van der Waals surface area contributed by atoms with Crippen molar-refractivity contribution >= 4 is 33.5 Å². The number of methoxy groups -OCH3 is 1. The van der Waals surface area contributed by atoms with Crippen LogP contribution in [0, 0.1) is 0 Å². The van der Waals surface area contributed by atoms with Crippen LogP contribution >= 0.6 is 11.8 Å². The number of aromatic nitrogens is 2. The van der Waals surface area contributed by atoms with Gasteiger partial charge < -0.3 is 13.6 Å². The maximum absolute atomic E-state index is 12.1. The Balaban J connectivity index is 1.50. The first-order valence-electron chi connectivity index (χ1n) is 9.27. The van der Waals surface area contributed by atoms with Gasteiger partial charge in [-0.25, -0.2) is 4.79 Å². The lowest BCUT2D eigenvalue weighted by Gasteiger charge is -2.07. The number of nitrogens with zero attached hydrogens (tertiary/aromatic N) is 2. The molecule has 0 radical (unpaired) electrons. The number of hydrogen-bond acceptors (Lipinski definition) is 7.